The van der Waals surface area contributed by atoms with Crippen LogP contribution in [0.5, 0.6) is 0 Å². The van der Waals surface area contributed by atoms with Crippen LogP contribution in [0.2, 0.25) is 0 Å². The topological polar surface area (TPSA) is 54.0 Å². The first kappa shape index (κ1) is 19.4. The third kappa shape index (κ3) is 4.49. The molecule has 0 aliphatic heterocycles. The van der Waals surface area contributed by atoms with E-state index in [4.69, 9.17) is 0 Å². The zero-order valence-electron chi connectivity index (χ0n) is 15.3. The molecular formula is C21H18F3N3O. The summed E-state index contributed by atoms with van der Waals surface area (Å²) >= 11 is 0. The summed E-state index contributed by atoms with van der Waals surface area (Å²) in [7, 11) is 0. The standard InChI is InChI=1S/C21H18F3N3O/c1-13-7-8-15(11-14(13)2)20(28)26-16-9-10-19(25-12-16)27-18-6-4-3-5-17(18)21(22,23)24/h3-12H,1-2H3,(H,25,27)(H,26,28). The van der Waals surface area contributed by atoms with Crippen LogP contribution < -0.4 is 10.6 Å². The number of rotatable bonds is 4. The number of nitrogens with zero attached hydrogens (tertiary/aromatic N) is 1. The summed E-state index contributed by atoms with van der Waals surface area (Å²) < 4.78 is 39.2. The number of alkyl halides is 3. The van der Waals surface area contributed by atoms with Crippen molar-refractivity contribution in [2.24, 2.45) is 0 Å². The lowest BCUT2D eigenvalue weighted by Gasteiger charge is -2.14. The van der Waals surface area contributed by atoms with Gasteiger partial charge in [0, 0.05) is 5.56 Å². The van der Waals surface area contributed by atoms with Gasteiger partial charge in [0.25, 0.3) is 5.91 Å². The van der Waals surface area contributed by atoms with Crippen LogP contribution in [0.15, 0.2) is 60.8 Å². The number of halogens is 3. The average Bonchev–Trinajstić information content (AvgIpc) is 2.65. The average molecular weight is 385 g/mol. The maximum Gasteiger partial charge on any atom is 0.418 e. The highest BCUT2D eigenvalue weighted by atomic mass is 19.4. The molecule has 144 valence electrons. The lowest BCUT2D eigenvalue weighted by molar-refractivity contribution is -0.136. The number of anilines is 3. The molecule has 2 aromatic carbocycles. The Balaban J connectivity index is 1.72. The van der Waals surface area contributed by atoms with Gasteiger partial charge in [0.15, 0.2) is 0 Å². The summed E-state index contributed by atoms with van der Waals surface area (Å²) in [5.41, 5.74) is 2.20. The van der Waals surface area contributed by atoms with Crippen molar-refractivity contribution < 1.29 is 18.0 Å². The molecule has 2 N–H and O–H groups in total. The number of amides is 1. The molecule has 0 bridgehead atoms. The van der Waals surface area contributed by atoms with Gasteiger partial charge in [-0.3, -0.25) is 4.79 Å². The number of nitrogens with one attached hydrogen (secondary N) is 2. The Bertz CT molecular complexity index is 999. The molecule has 0 atom stereocenters. The minimum absolute atomic E-state index is 0.0885. The van der Waals surface area contributed by atoms with Crippen molar-refractivity contribution in [2.45, 2.75) is 20.0 Å². The highest BCUT2D eigenvalue weighted by Crippen LogP contribution is 2.35. The summed E-state index contributed by atoms with van der Waals surface area (Å²) in [5, 5.41) is 5.38. The molecule has 3 rings (SSSR count). The van der Waals surface area contributed by atoms with Crippen LogP contribution in [0.1, 0.15) is 27.0 Å². The summed E-state index contributed by atoms with van der Waals surface area (Å²) in [4.78, 5) is 16.4. The lowest BCUT2D eigenvalue weighted by Crippen LogP contribution is -2.12. The van der Waals surface area contributed by atoms with Crippen LogP contribution >= 0.6 is 0 Å². The molecule has 0 saturated heterocycles. The van der Waals surface area contributed by atoms with E-state index < -0.39 is 11.7 Å². The van der Waals surface area contributed by atoms with Gasteiger partial charge < -0.3 is 10.6 Å². The Labute approximate surface area is 160 Å². The molecule has 0 saturated carbocycles. The van der Waals surface area contributed by atoms with Gasteiger partial charge in [0.2, 0.25) is 0 Å². The normalized spacial score (nSPS) is 11.2. The van der Waals surface area contributed by atoms with Gasteiger partial charge in [-0.05, 0) is 61.4 Å². The Morgan fingerprint density at radius 3 is 2.36 bits per heavy atom. The van der Waals surface area contributed by atoms with E-state index in [1.54, 1.807) is 18.2 Å². The quantitative estimate of drug-likeness (QED) is 0.605. The van der Waals surface area contributed by atoms with E-state index in [-0.39, 0.29) is 17.4 Å². The fourth-order valence-electron chi connectivity index (χ4n) is 2.60. The number of carbonyl (C=O) groups excluding carboxylic acids is 1. The van der Waals surface area contributed by atoms with Crippen molar-refractivity contribution >= 4 is 23.1 Å². The highest BCUT2D eigenvalue weighted by Gasteiger charge is 2.33. The van der Waals surface area contributed by atoms with Gasteiger partial charge in [-0.15, -0.1) is 0 Å². The molecule has 1 aromatic heterocycles. The van der Waals surface area contributed by atoms with E-state index in [9.17, 15) is 18.0 Å². The fourth-order valence-corrected chi connectivity index (χ4v) is 2.60. The van der Waals surface area contributed by atoms with Crippen LogP contribution in [-0.2, 0) is 6.18 Å². The second-order valence-corrected chi connectivity index (χ2v) is 6.35. The van der Waals surface area contributed by atoms with E-state index in [1.807, 2.05) is 19.9 Å². The molecule has 1 heterocycles. The predicted octanol–water partition coefficient (Wildman–Crippen LogP) is 5.71. The number of aryl methyl sites for hydroxylation is 2. The minimum atomic E-state index is -4.47. The highest BCUT2D eigenvalue weighted by molar-refractivity contribution is 6.04. The maximum atomic E-state index is 13.1. The largest absolute Gasteiger partial charge is 0.418 e. The van der Waals surface area contributed by atoms with Gasteiger partial charge in [-0.25, -0.2) is 4.98 Å². The summed E-state index contributed by atoms with van der Waals surface area (Å²) in [6.45, 7) is 3.89. The van der Waals surface area contributed by atoms with Gasteiger partial charge >= 0.3 is 6.18 Å². The van der Waals surface area contributed by atoms with E-state index >= 15 is 0 Å². The van der Waals surface area contributed by atoms with Crippen molar-refractivity contribution in [1.82, 2.24) is 4.98 Å². The molecule has 0 fully saturated rings. The second-order valence-electron chi connectivity index (χ2n) is 6.35. The number of pyridine rings is 1. The van der Waals surface area contributed by atoms with E-state index in [0.29, 0.717) is 11.3 Å². The van der Waals surface area contributed by atoms with Crippen LogP contribution in [0.25, 0.3) is 0 Å². The number of hydrogen-bond donors (Lipinski definition) is 2. The van der Waals surface area contributed by atoms with Crippen molar-refractivity contribution in [3.05, 3.63) is 83.0 Å². The zero-order chi connectivity index (χ0) is 20.3. The molecule has 0 aliphatic rings. The molecule has 0 radical (unpaired) electrons. The lowest BCUT2D eigenvalue weighted by atomic mass is 10.1. The Kier molecular flexibility index (Phi) is 5.35. The van der Waals surface area contributed by atoms with E-state index in [2.05, 4.69) is 15.6 Å². The summed E-state index contributed by atoms with van der Waals surface area (Å²) in [6.07, 6.45) is -3.08. The van der Waals surface area contributed by atoms with Crippen molar-refractivity contribution in [3.63, 3.8) is 0 Å². The van der Waals surface area contributed by atoms with Crippen LogP contribution in [0.4, 0.5) is 30.4 Å². The molecule has 7 heteroatoms. The number of hydrogen-bond acceptors (Lipinski definition) is 3. The van der Waals surface area contributed by atoms with Crippen LogP contribution in [-0.4, -0.2) is 10.9 Å². The van der Waals surface area contributed by atoms with E-state index in [0.717, 1.165) is 17.2 Å². The fraction of sp³-hybridized carbons (Fsp3) is 0.143. The third-order valence-electron chi connectivity index (χ3n) is 4.29. The number of para-hydroxylation sites is 1. The maximum absolute atomic E-state index is 13.1. The van der Waals surface area contributed by atoms with Crippen LogP contribution in [0.3, 0.4) is 0 Å². The second kappa shape index (κ2) is 7.72. The number of benzene rings is 2. The van der Waals surface area contributed by atoms with E-state index in [1.165, 1.54) is 30.5 Å². The first-order chi connectivity index (χ1) is 13.2. The smallest absolute Gasteiger partial charge is 0.340 e. The Morgan fingerprint density at radius 2 is 1.71 bits per heavy atom. The monoisotopic (exact) mass is 385 g/mol. The van der Waals surface area contributed by atoms with Gasteiger partial charge in [-0.1, -0.05) is 18.2 Å². The Hall–Kier alpha value is -3.35. The van der Waals surface area contributed by atoms with Gasteiger partial charge in [0.1, 0.15) is 5.82 Å². The molecule has 28 heavy (non-hydrogen) atoms. The zero-order valence-corrected chi connectivity index (χ0v) is 15.3. The number of aromatic nitrogens is 1. The first-order valence-electron chi connectivity index (χ1n) is 8.52. The summed E-state index contributed by atoms with van der Waals surface area (Å²) in [6, 6.07) is 13.6. The van der Waals surface area contributed by atoms with Crippen molar-refractivity contribution in [3.8, 4) is 0 Å². The third-order valence-corrected chi connectivity index (χ3v) is 4.29. The van der Waals surface area contributed by atoms with Gasteiger partial charge in [-0.2, -0.15) is 13.2 Å². The van der Waals surface area contributed by atoms with Crippen LogP contribution in [0, 0.1) is 13.8 Å². The first-order valence-corrected chi connectivity index (χ1v) is 8.52. The molecule has 0 unspecified atom stereocenters. The minimum Gasteiger partial charge on any atom is -0.340 e. The van der Waals surface area contributed by atoms with Crippen molar-refractivity contribution in [1.29, 1.82) is 0 Å². The molecular weight excluding hydrogens is 367 g/mol. The Morgan fingerprint density at radius 1 is 0.964 bits per heavy atom. The van der Waals surface area contributed by atoms with Gasteiger partial charge in [0.05, 0.1) is 23.1 Å². The molecule has 3 aromatic rings. The molecule has 0 aliphatic carbocycles. The molecule has 1 amide bonds. The molecule has 0 spiro atoms. The number of carbonyl (C=O) groups is 1. The van der Waals surface area contributed by atoms with Crippen molar-refractivity contribution in [2.75, 3.05) is 10.6 Å². The SMILES string of the molecule is Cc1ccc(C(=O)Nc2ccc(Nc3ccccc3C(F)(F)F)nc2)cc1C. The predicted molar refractivity (Wildman–Crippen MR) is 103 cm³/mol. The summed E-state index contributed by atoms with van der Waals surface area (Å²) in [5.74, 6) is -0.0473. The molecule has 4 nitrogen and oxygen atoms in total.